The molecular formula is C5H11Cl3Si2. The summed E-state index contributed by atoms with van der Waals surface area (Å²) in [5.41, 5.74) is 0. The second kappa shape index (κ2) is 3.19. The first-order chi connectivity index (χ1) is 4.15. The van der Waals surface area contributed by atoms with Crippen molar-refractivity contribution in [2.75, 3.05) is 0 Å². The van der Waals surface area contributed by atoms with E-state index in [1.54, 1.807) is 0 Å². The molecule has 0 aliphatic heterocycles. The summed E-state index contributed by atoms with van der Waals surface area (Å²) >= 11 is 17.9. The van der Waals surface area contributed by atoms with Crippen molar-refractivity contribution in [3.8, 4) is 0 Å². The SMILES string of the molecule is C=C([Si](C)(C)Cl)[Si](C)(Cl)Cl. The van der Waals surface area contributed by atoms with E-state index in [0.29, 0.717) is 0 Å². The highest BCUT2D eigenvalue weighted by molar-refractivity contribution is 7.54. The van der Waals surface area contributed by atoms with Gasteiger partial charge in [-0.2, -0.15) is 11.1 Å². The monoisotopic (exact) mass is 232 g/mol. The molecule has 60 valence electrons. The molecule has 0 fully saturated rings. The van der Waals surface area contributed by atoms with Crippen LogP contribution in [0.4, 0.5) is 0 Å². The quantitative estimate of drug-likeness (QED) is 0.505. The first kappa shape index (κ1) is 11.0. The Morgan fingerprint density at radius 1 is 1.10 bits per heavy atom. The van der Waals surface area contributed by atoms with Crippen molar-refractivity contribution in [2.24, 2.45) is 0 Å². The van der Waals surface area contributed by atoms with Gasteiger partial charge in [0.1, 0.15) is 0 Å². The lowest BCUT2D eigenvalue weighted by molar-refractivity contribution is 1.88. The van der Waals surface area contributed by atoms with E-state index in [-0.39, 0.29) is 0 Å². The molecule has 0 saturated heterocycles. The van der Waals surface area contributed by atoms with Crippen LogP contribution in [0.5, 0.6) is 0 Å². The molecule has 0 spiro atoms. The van der Waals surface area contributed by atoms with Crippen molar-refractivity contribution >= 4 is 47.3 Å². The molecule has 0 bridgehead atoms. The number of hydrogen-bond acceptors (Lipinski definition) is 0. The number of hydrogen-bond donors (Lipinski definition) is 0. The van der Waals surface area contributed by atoms with Crippen LogP contribution in [0.1, 0.15) is 0 Å². The van der Waals surface area contributed by atoms with Crippen LogP contribution < -0.4 is 0 Å². The van der Waals surface area contributed by atoms with Gasteiger partial charge in [0.2, 0.25) is 0 Å². The van der Waals surface area contributed by atoms with Gasteiger partial charge in [0.25, 0.3) is 6.69 Å². The molecule has 0 aliphatic carbocycles. The zero-order valence-corrected chi connectivity index (χ0v) is 10.6. The van der Waals surface area contributed by atoms with Crippen molar-refractivity contribution in [3.05, 3.63) is 11.4 Å². The first-order valence-electron chi connectivity index (χ1n) is 2.92. The summed E-state index contributed by atoms with van der Waals surface area (Å²) in [6, 6.07) is 0. The lowest BCUT2D eigenvalue weighted by atomic mass is 11.2. The van der Waals surface area contributed by atoms with E-state index in [2.05, 4.69) is 6.58 Å². The first-order valence-corrected chi connectivity index (χ1v) is 11.5. The van der Waals surface area contributed by atoms with Gasteiger partial charge in [-0.15, -0.1) is 28.7 Å². The van der Waals surface area contributed by atoms with Gasteiger partial charge in [-0.1, -0.05) is 17.9 Å². The summed E-state index contributed by atoms with van der Waals surface area (Å²) in [5.74, 6) is 0. The zero-order valence-electron chi connectivity index (χ0n) is 6.34. The molecular weight excluding hydrogens is 223 g/mol. The average molecular weight is 234 g/mol. The molecule has 0 aromatic heterocycles. The van der Waals surface area contributed by atoms with Gasteiger partial charge in [-0.05, 0) is 6.55 Å². The highest BCUT2D eigenvalue weighted by atomic mass is 35.7. The second-order valence-electron chi connectivity index (χ2n) is 2.84. The Balaban J connectivity index is 4.40. The van der Waals surface area contributed by atoms with Crippen LogP contribution in [0, 0.1) is 0 Å². The molecule has 0 radical (unpaired) electrons. The zero-order chi connectivity index (χ0) is 8.58. The van der Waals surface area contributed by atoms with Crippen LogP contribution in [0.15, 0.2) is 11.4 Å². The predicted octanol–water partition coefficient (Wildman–Crippen LogP) is 3.61. The topological polar surface area (TPSA) is 0 Å². The number of rotatable bonds is 2. The maximum atomic E-state index is 6.07. The summed E-state index contributed by atoms with van der Waals surface area (Å²) in [4.78, 5) is 0.894. The Labute approximate surface area is 78.3 Å². The summed E-state index contributed by atoms with van der Waals surface area (Å²) in [6.45, 7) is 7.40. The Morgan fingerprint density at radius 2 is 1.40 bits per heavy atom. The van der Waals surface area contributed by atoms with Crippen molar-refractivity contribution in [1.82, 2.24) is 0 Å². The van der Waals surface area contributed by atoms with Crippen LogP contribution in [0.25, 0.3) is 0 Å². The van der Waals surface area contributed by atoms with E-state index < -0.39 is 14.1 Å². The Bertz CT molecular complexity index is 126. The van der Waals surface area contributed by atoms with Crippen LogP contribution >= 0.6 is 33.2 Å². The van der Waals surface area contributed by atoms with Crippen molar-refractivity contribution < 1.29 is 0 Å². The van der Waals surface area contributed by atoms with Gasteiger partial charge in [0, 0.05) is 0 Å². The minimum Gasteiger partial charge on any atom is -0.162 e. The second-order valence-corrected chi connectivity index (χ2v) is 17.2. The lowest BCUT2D eigenvalue weighted by Crippen LogP contribution is -2.34. The highest BCUT2D eigenvalue weighted by Crippen LogP contribution is 2.31. The third-order valence-corrected chi connectivity index (χ3v) is 10.6. The normalized spacial score (nSPS) is 13.4. The Kier molecular flexibility index (Phi) is 3.52. The van der Waals surface area contributed by atoms with Crippen molar-refractivity contribution in [3.63, 3.8) is 0 Å². The lowest BCUT2D eigenvalue weighted by Gasteiger charge is -2.22. The van der Waals surface area contributed by atoms with E-state index in [0.717, 1.165) is 4.82 Å². The van der Waals surface area contributed by atoms with E-state index in [9.17, 15) is 0 Å². The molecule has 10 heavy (non-hydrogen) atoms. The largest absolute Gasteiger partial charge is 0.270 e. The smallest absolute Gasteiger partial charge is 0.162 e. The number of halogens is 3. The average Bonchev–Trinajstić information content (AvgIpc) is 1.59. The molecule has 0 saturated carbocycles. The van der Waals surface area contributed by atoms with Gasteiger partial charge < -0.3 is 0 Å². The van der Waals surface area contributed by atoms with Crippen molar-refractivity contribution in [2.45, 2.75) is 19.6 Å². The highest BCUT2D eigenvalue weighted by Gasteiger charge is 2.36. The van der Waals surface area contributed by atoms with Gasteiger partial charge in [0.15, 0.2) is 7.38 Å². The van der Waals surface area contributed by atoms with Gasteiger partial charge in [-0.3, -0.25) is 0 Å². The van der Waals surface area contributed by atoms with Crippen LogP contribution in [-0.2, 0) is 0 Å². The maximum Gasteiger partial charge on any atom is 0.270 e. The Morgan fingerprint density at radius 3 is 1.40 bits per heavy atom. The molecule has 5 heteroatoms. The van der Waals surface area contributed by atoms with Gasteiger partial charge in [0.05, 0.1) is 0 Å². The molecule has 0 N–H and O–H groups in total. The van der Waals surface area contributed by atoms with Crippen LogP contribution in [-0.4, -0.2) is 14.1 Å². The summed E-state index contributed by atoms with van der Waals surface area (Å²) in [6.07, 6.45) is 0. The molecule has 0 atom stereocenters. The van der Waals surface area contributed by atoms with E-state index in [1.165, 1.54) is 0 Å². The fourth-order valence-corrected chi connectivity index (χ4v) is 11.5. The third kappa shape index (κ3) is 3.44. The molecule has 0 aliphatic rings. The van der Waals surface area contributed by atoms with Crippen LogP contribution in [0.2, 0.25) is 19.6 Å². The molecule has 0 rings (SSSR count). The van der Waals surface area contributed by atoms with E-state index >= 15 is 0 Å². The van der Waals surface area contributed by atoms with E-state index in [4.69, 9.17) is 33.2 Å². The molecule has 0 heterocycles. The fourth-order valence-electron chi connectivity index (χ4n) is 0.522. The molecule has 0 unspecified atom stereocenters. The maximum absolute atomic E-state index is 6.07. The Hall–Kier alpha value is 1.04. The summed E-state index contributed by atoms with van der Waals surface area (Å²) in [5, 5.41) is 0. The standard InChI is InChI=1S/C5H11Cl3Si2/c1-5(9(2,3)6)10(4,7)8/h1H2,2-4H3. The van der Waals surface area contributed by atoms with Crippen LogP contribution in [0.3, 0.4) is 0 Å². The summed E-state index contributed by atoms with van der Waals surface area (Å²) in [7, 11) is -1.82. The fraction of sp³-hybridized carbons (Fsp3) is 0.600. The molecule has 0 amide bonds. The molecule has 0 aromatic rings. The van der Waals surface area contributed by atoms with Crippen molar-refractivity contribution in [1.29, 1.82) is 0 Å². The third-order valence-electron chi connectivity index (χ3n) is 1.25. The minimum atomic E-state index is -2.22. The van der Waals surface area contributed by atoms with Gasteiger partial charge in [-0.25, -0.2) is 0 Å². The molecule has 0 aromatic carbocycles. The predicted molar refractivity (Wildman–Crippen MR) is 55.8 cm³/mol. The van der Waals surface area contributed by atoms with Gasteiger partial charge >= 0.3 is 0 Å². The minimum absolute atomic E-state index is 0.894. The van der Waals surface area contributed by atoms with E-state index in [1.807, 2.05) is 19.6 Å². The summed E-state index contributed by atoms with van der Waals surface area (Å²) < 4.78 is 0. The molecule has 0 nitrogen and oxygen atoms in total.